The molecule has 1 rings (SSSR count). The fourth-order valence-corrected chi connectivity index (χ4v) is 2.23. The van der Waals surface area contributed by atoms with Crippen LogP contribution in [0.2, 0.25) is 0 Å². The van der Waals surface area contributed by atoms with Gasteiger partial charge in [-0.25, -0.2) is 0 Å². The Labute approximate surface area is 148 Å². The lowest BCUT2D eigenvalue weighted by atomic mass is 9.97. The fraction of sp³-hybridized carbons (Fsp3) is 0.526. The van der Waals surface area contributed by atoms with Crippen molar-refractivity contribution in [1.29, 1.82) is 0 Å². The van der Waals surface area contributed by atoms with Crippen molar-refractivity contribution < 1.29 is 23.9 Å². The van der Waals surface area contributed by atoms with Crippen molar-refractivity contribution in [2.24, 2.45) is 11.7 Å². The van der Waals surface area contributed by atoms with Crippen LogP contribution in [-0.2, 0) is 30.5 Å². The maximum atomic E-state index is 12.2. The Morgan fingerprint density at radius 3 is 2.44 bits per heavy atom. The lowest BCUT2D eigenvalue weighted by Crippen LogP contribution is -2.31. The summed E-state index contributed by atoms with van der Waals surface area (Å²) in [5.74, 6) is -2.22. The Balaban J connectivity index is 2.43. The third kappa shape index (κ3) is 8.44. The predicted octanol–water partition coefficient (Wildman–Crippen LogP) is 2.39. The van der Waals surface area contributed by atoms with Crippen LogP contribution in [0.25, 0.3) is 0 Å². The van der Waals surface area contributed by atoms with E-state index >= 15 is 0 Å². The van der Waals surface area contributed by atoms with Gasteiger partial charge in [-0.05, 0) is 24.8 Å². The van der Waals surface area contributed by atoms with Gasteiger partial charge in [-0.2, -0.15) is 0 Å². The highest BCUT2D eigenvalue weighted by Crippen LogP contribution is 2.14. The molecule has 0 aliphatic heterocycles. The molecular weight excluding hydrogens is 322 g/mol. The van der Waals surface area contributed by atoms with Crippen LogP contribution in [0.3, 0.4) is 0 Å². The molecular formula is C19H27NO5. The van der Waals surface area contributed by atoms with Gasteiger partial charge in [0.15, 0.2) is 5.78 Å². The van der Waals surface area contributed by atoms with Crippen molar-refractivity contribution in [1.82, 2.24) is 0 Å². The molecule has 0 saturated carbocycles. The van der Waals surface area contributed by atoms with Gasteiger partial charge >= 0.3 is 11.9 Å². The minimum Gasteiger partial charge on any atom is -0.466 e. The highest BCUT2D eigenvalue weighted by molar-refractivity contribution is 5.99. The van der Waals surface area contributed by atoms with Crippen LogP contribution in [0.4, 0.5) is 0 Å². The fourth-order valence-electron chi connectivity index (χ4n) is 2.23. The Morgan fingerprint density at radius 2 is 1.80 bits per heavy atom. The first-order valence-corrected chi connectivity index (χ1v) is 8.67. The zero-order chi connectivity index (χ0) is 18.5. The van der Waals surface area contributed by atoms with E-state index in [2.05, 4.69) is 0 Å². The average Bonchev–Trinajstić information content (AvgIpc) is 2.63. The second-order valence-electron chi connectivity index (χ2n) is 5.78. The van der Waals surface area contributed by atoms with E-state index in [-0.39, 0.29) is 37.7 Å². The summed E-state index contributed by atoms with van der Waals surface area (Å²) in [4.78, 5) is 35.7. The van der Waals surface area contributed by atoms with Crippen LogP contribution >= 0.6 is 0 Å². The van der Waals surface area contributed by atoms with Crippen LogP contribution in [0, 0.1) is 5.92 Å². The van der Waals surface area contributed by atoms with Crippen LogP contribution in [0.15, 0.2) is 30.3 Å². The predicted molar refractivity (Wildman–Crippen MR) is 93.5 cm³/mol. The number of ketones is 1. The topological polar surface area (TPSA) is 95.7 Å². The lowest BCUT2D eigenvalue weighted by molar-refractivity contribution is -0.154. The number of nitrogens with two attached hydrogens (primary N) is 1. The van der Waals surface area contributed by atoms with Crippen molar-refractivity contribution >= 4 is 17.7 Å². The number of carbonyl (C=O) groups excluding carboxylic acids is 3. The number of benzene rings is 1. The SMILES string of the molecule is CCCCOC(=O)CCCC(C(=O)CN)C(=O)OCc1ccccc1. The molecule has 2 N–H and O–H groups in total. The number of unbranched alkanes of at least 4 members (excludes halogenated alkanes) is 1. The summed E-state index contributed by atoms with van der Waals surface area (Å²) < 4.78 is 10.3. The van der Waals surface area contributed by atoms with E-state index in [1.54, 1.807) is 0 Å². The molecule has 0 amide bonds. The monoisotopic (exact) mass is 349 g/mol. The minimum absolute atomic E-state index is 0.104. The number of hydrogen-bond acceptors (Lipinski definition) is 6. The van der Waals surface area contributed by atoms with Crippen LogP contribution in [0.1, 0.15) is 44.6 Å². The number of hydrogen-bond donors (Lipinski definition) is 1. The lowest BCUT2D eigenvalue weighted by Gasteiger charge is -2.14. The number of Topliss-reactive ketones (excluding diaryl/α,β-unsaturated/α-hetero) is 1. The highest BCUT2D eigenvalue weighted by Gasteiger charge is 2.27. The molecule has 0 spiro atoms. The number of ether oxygens (including phenoxy) is 2. The molecule has 0 aromatic heterocycles. The minimum atomic E-state index is -0.933. The van der Waals surface area contributed by atoms with Crippen LogP contribution < -0.4 is 5.73 Å². The first kappa shape index (κ1) is 20.8. The first-order chi connectivity index (χ1) is 12.1. The smallest absolute Gasteiger partial charge is 0.316 e. The van der Waals surface area contributed by atoms with E-state index < -0.39 is 11.9 Å². The number of carbonyl (C=O) groups is 3. The summed E-state index contributed by atoms with van der Waals surface area (Å²) in [6.45, 7) is 2.29. The molecule has 0 aliphatic rings. The number of esters is 2. The normalized spacial score (nSPS) is 11.6. The van der Waals surface area contributed by atoms with Gasteiger partial charge in [0.2, 0.25) is 0 Å². The molecule has 25 heavy (non-hydrogen) atoms. The summed E-state index contributed by atoms with van der Waals surface area (Å²) in [5.41, 5.74) is 6.22. The summed E-state index contributed by atoms with van der Waals surface area (Å²) in [6.07, 6.45) is 2.55. The van der Waals surface area contributed by atoms with Gasteiger partial charge in [-0.3, -0.25) is 14.4 Å². The van der Waals surface area contributed by atoms with E-state index in [4.69, 9.17) is 15.2 Å². The molecule has 0 radical (unpaired) electrons. The molecule has 1 aromatic carbocycles. The van der Waals surface area contributed by atoms with Crippen molar-refractivity contribution in [2.75, 3.05) is 13.2 Å². The zero-order valence-electron chi connectivity index (χ0n) is 14.7. The molecule has 0 bridgehead atoms. The van der Waals surface area contributed by atoms with E-state index in [0.717, 1.165) is 18.4 Å². The summed E-state index contributed by atoms with van der Waals surface area (Å²) in [5, 5.41) is 0. The quantitative estimate of drug-likeness (QED) is 0.354. The molecule has 1 atom stereocenters. The molecule has 1 aromatic rings. The van der Waals surface area contributed by atoms with Gasteiger partial charge in [0, 0.05) is 6.42 Å². The molecule has 0 aliphatic carbocycles. The second-order valence-corrected chi connectivity index (χ2v) is 5.78. The third-order valence-electron chi connectivity index (χ3n) is 3.73. The zero-order valence-corrected chi connectivity index (χ0v) is 14.7. The van der Waals surface area contributed by atoms with Crippen molar-refractivity contribution in [3.8, 4) is 0 Å². The second kappa shape index (κ2) is 12.2. The molecule has 6 nitrogen and oxygen atoms in total. The Bertz CT molecular complexity index is 544. The van der Waals surface area contributed by atoms with Crippen molar-refractivity contribution in [3.05, 3.63) is 35.9 Å². The molecule has 0 fully saturated rings. The molecule has 0 saturated heterocycles. The Kier molecular flexibility index (Phi) is 10.2. The van der Waals surface area contributed by atoms with E-state index in [1.165, 1.54) is 0 Å². The van der Waals surface area contributed by atoms with Crippen molar-refractivity contribution in [3.63, 3.8) is 0 Å². The van der Waals surface area contributed by atoms with Crippen LogP contribution in [-0.4, -0.2) is 30.9 Å². The summed E-state index contributed by atoms with van der Waals surface area (Å²) in [6, 6.07) is 9.22. The standard InChI is InChI=1S/C19H27NO5/c1-2-3-12-24-18(22)11-7-10-16(17(21)13-20)19(23)25-14-15-8-5-4-6-9-15/h4-6,8-9,16H,2-3,7,10-14,20H2,1H3. The third-order valence-corrected chi connectivity index (χ3v) is 3.73. The van der Waals surface area contributed by atoms with Gasteiger partial charge in [0.1, 0.15) is 12.5 Å². The molecule has 1 unspecified atom stereocenters. The maximum Gasteiger partial charge on any atom is 0.316 e. The summed E-state index contributed by atoms with van der Waals surface area (Å²) in [7, 11) is 0. The largest absolute Gasteiger partial charge is 0.466 e. The molecule has 138 valence electrons. The first-order valence-electron chi connectivity index (χ1n) is 8.67. The van der Waals surface area contributed by atoms with Gasteiger partial charge in [0.05, 0.1) is 13.2 Å². The Hall–Kier alpha value is -2.21. The van der Waals surface area contributed by atoms with E-state index in [9.17, 15) is 14.4 Å². The highest BCUT2D eigenvalue weighted by atomic mass is 16.5. The Morgan fingerprint density at radius 1 is 1.08 bits per heavy atom. The van der Waals surface area contributed by atoms with Gasteiger partial charge in [0.25, 0.3) is 0 Å². The number of rotatable bonds is 12. The van der Waals surface area contributed by atoms with E-state index in [0.29, 0.717) is 13.0 Å². The maximum absolute atomic E-state index is 12.2. The van der Waals surface area contributed by atoms with Gasteiger partial charge < -0.3 is 15.2 Å². The van der Waals surface area contributed by atoms with Gasteiger partial charge in [-0.1, -0.05) is 43.7 Å². The van der Waals surface area contributed by atoms with Crippen LogP contribution in [0.5, 0.6) is 0 Å². The van der Waals surface area contributed by atoms with E-state index in [1.807, 2.05) is 37.3 Å². The molecule has 0 heterocycles. The van der Waals surface area contributed by atoms with Crippen molar-refractivity contribution in [2.45, 2.75) is 45.6 Å². The summed E-state index contributed by atoms with van der Waals surface area (Å²) >= 11 is 0. The van der Waals surface area contributed by atoms with Gasteiger partial charge in [-0.15, -0.1) is 0 Å². The average molecular weight is 349 g/mol. The molecule has 6 heteroatoms.